The van der Waals surface area contributed by atoms with Gasteiger partial charge in [0.15, 0.2) is 12.2 Å². The first-order chi connectivity index (χ1) is 13.5. The molecule has 0 saturated carbocycles. The first-order valence-electron chi connectivity index (χ1n) is 9.00. The topological polar surface area (TPSA) is 76.7 Å². The third-order valence-corrected chi connectivity index (χ3v) is 4.14. The number of amides is 2. The van der Waals surface area contributed by atoms with Crippen LogP contribution < -0.4 is 20.3 Å². The molecule has 0 radical (unpaired) electrons. The number of rotatable bonds is 6. The van der Waals surface area contributed by atoms with Crippen LogP contribution in [0.4, 0.5) is 0 Å². The summed E-state index contributed by atoms with van der Waals surface area (Å²) in [4.78, 5) is 24.3. The number of nitrogens with one attached hydrogen (secondary N) is 2. The second-order valence-electron chi connectivity index (χ2n) is 6.32. The molecular formula is C22H22N2O4. The molecule has 0 fully saturated rings. The van der Waals surface area contributed by atoms with Gasteiger partial charge < -0.3 is 9.47 Å². The Labute approximate surface area is 163 Å². The molecule has 0 unspecified atom stereocenters. The van der Waals surface area contributed by atoms with Gasteiger partial charge in [-0.05, 0) is 48.9 Å². The van der Waals surface area contributed by atoms with Crippen molar-refractivity contribution < 1.29 is 19.1 Å². The highest BCUT2D eigenvalue weighted by atomic mass is 16.5. The molecule has 3 aromatic carbocycles. The summed E-state index contributed by atoms with van der Waals surface area (Å²) in [6, 6.07) is 22.5. The summed E-state index contributed by atoms with van der Waals surface area (Å²) < 4.78 is 11.2. The molecule has 0 aromatic heterocycles. The summed E-state index contributed by atoms with van der Waals surface area (Å²) in [5.74, 6) is 0.224. The van der Waals surface area contributed by atoms with Crippen LogP contribution in [-0.4, -0.2) is 24.0 Å². The van der Waals surface area contributed by atoms with E-state index in [1.165, 1.54) is 0 Å². The fraction of sp³-hybridized carbons (Fsp3) is 0.182. The van der Waals surface area contributed by atoms with Gasteiger partial charge in [0, 0.05) is 0 Å². The minimum Gasteiger partial charge on any atom is -0.481 e. The van der Waals surface area contributed by atoms with E-state index in [1.54, 1.807) is 32.0 Å². The van der Waals surface area contributed by atoms with Gasteiger partial charge in [-0.2, -0.15) is 0 Å². The van der Waals surface area contributed by atoms with Crippen molar-refractivity contribution in [1.82, 2.24) is 10.9 Å². The van der Waals surface area contributed by atoms with Gasteiger partial charge in [0.05, 0.1) is 0 Å². The van der Waals surface area contributed by atoms with E-state index >= 15 is 0 Å². The second-order valence-corrected chi connectivity index (χ2v) is 6.32. The molecule has 0 spiro atoms. The maximum atomic E-state index is 12.2. The molecule has 2 amide bonds. The lowest BCUT2D eigenvalue weighted by atomic mass is 10.1. The number of carbonyl (C=O) groups excluding carboxylic acids is 2. The lowest BCUT2D eigenvalue weighted by molar-refractivity contribution is -0.135. The molecule has 3 rings (SSSR count). The van der Waals surface area contributed by atoms with Crippen molar-refractivity contribution in [2.24, 2.45) is 0 Å². The number of hydrazine groups is 1. The number of hydrogen-bond acceptors (Lipinski definition) is 4. The first kappa shape index (κ1) is 19.2. The predicted molar refractivity (Wildman–Crippen MR) is 107 cm³/mol. The van der Waals surface area contributed by atoms with Crippen LogP contribution >= 0.6 is 0 Å². The molecule has 144 valence electrons. The van der Waals surface area contributed by atoms with Crippen LogP contribution in [0.15, 0.2) is 72.8 Å². The number of benzene rings is 3. The van der Waals surface area contributed by atoms with Crippen LogP contribution in [0.5, 0.6) is 11.5 Å². The number of ether oxygens (including phenoxy) is 2. The van der Waals surface area contributed by atoms with E-state index in [2.05, 4.69) is 10.9 Å². The Kier molecular flexibility index (Phi) is 6.11. The van der Waals surface area contributed by atoms with E-state index in [-0.39, 0.29) is 0 Å². The fourth-order valence-corrected chi connectivity index (χ4v) is 2.58. The number of fused-ring (bicyclic) bond motifs is 1. The third-order valence-electron chi connectivity index (χ3n) is 4.14. The molecule has 2 N–H and O–H groups in total. The monoisotopic (exact) mass is 378 g/mol. The second kappa shape index (κ2) is 8.90. The Hall–Kier alpha value is -3.54. The van der Waals surface area contributed by atoms with Gasteiger partial charge >= 0.3 is 0 Å². The minimum atomic E-state index is -0.785. The van der Waals surface area contributed by atoms with Crippen molar-refractivity contribution in [3.05, 3.63) is 72.8 Å². The average molecular weight is 378 g/mol. The Bertz CT molecular complexity index is 959. The zero-order valence-corrected chi connectivity index (χ0v) is 15.7. The van der Waals surface area contributed by atoms with Crippen molar-refractivity contribution in [2.45, 2.75) is 26.1 Å². The number of carbonyl (C=O) groups is 2. The molecule has 0 aliphatic heterocycles. The van der Waals surface area contributed by atoms with Crippen molar-refractivity contribution in [3.63, 3.8) is 0 Å². The third kappa shape index (κ3) is 5.01. The molecule has 0 aliphatic rings. The Morgan fingerprint density at radius 3 is 1.86 bits per heavy atom. The molecule has 0 bridgehead atoms. The van der Waals surface area contributed by atoms with Gasteiger partial charge in [-0.1, -0.05) is 48.5 Å². The van der Waals surface area contributed by atoms with Gasteiger partial charge in [-0.25, -0.2) is 0 Å². The van der Waals surface area contributed by atoms with E-state index in [4.69, 9.17) is 9.47 Å². The SMILES string of the molecule is C[C@H](Oc1ccccc1)C(=O)NNC(=O)[C@@H](C)Oc1ccc2ccccc2c1. The molecule has 0 heterocycles. The highest BCUT2D eigenvalue weighted by Gasteiger charge is 2.19. The highest BCUT2D eigenvalue weighted by molar-refractivity contribution is 5.87. The maximum absolute atomic E-state index is 12.2. The highest BCUT2D eigenvalue weighted by Crippen LogP contribution is 2.21. The van der Waals surface area contributed by atoms with Crippen molar-refractivity contribution >= 4 is 22.6 Å². The lowest BCUT2D eigenvalue weighted by Crippen LogP contribution is -2.50. The van der Waals surface area contributed by atoms with Crippen molar-refractivity contribution in [2.75, 3.05) is 0 Å². The van der Waals surface area contributed by atoms with Crippen LogP contribution in [0.25, 0.3) is 10.8 Å². The summed E-state index contributed by atoms with van der Waals surface area (Å²) >= 11 is 0. The van der Waals surface area contributed by atoms with Crippen LogP contribution in [0.3, 0.4) is 0 Å². The van der Waals surface area contributed by atoms with E-state index < -0.39 is 24.0 Å². The lowest BCUT2D eigenvalue weighted by Gasteiger charge is -2.18. The Balaban J connectivity index is 1.49. The van der Waals surface area contributed by atoms with Crippen LogP contribution in [0, 0.1) is 0 Å². The molecule has 2 atom stereocenters. The van der Waals surface area contributed by atoms with Gasteiger partial charge in [0.1, 0.15) is 11.5 Å². The standard InChI is InChI=1S/C22H22N2O4/c1-15(27-19-10-4-3-5-11-19)21(25)23-24-22(26)16(2)28-20-13-12-17-8-6-7-9-18(17)14-20/h3-16H,1-2H3,(H,23,25)(H,24,26)/t15-,16+/m0/s1. The molecule has 3 aromatic rings. The van der Waals surface area contributed by atoms with Gasteiger partial charge in [0.25, 0.3) is 11.8 Å². The average Bonchev–Trinajstić information content (AvgIpc) is 2.72. The normalized spacial score (nSPS) is 12.6. The molecule has 0 aliphatic carbocycles. The number of hydrogen-bond donors (Lipinski definition) is 2. The Morgan fingerprint density at radius 1 is 0.679 bits per heavy atom. The summed E-state index contributed by atoms with van der Waals surface area (Å²) in [6.45, 7) is 3.21. The van der Waals surface area contributed by atoms with Crippen LogP contribution in [0.2, 0.25) is 0 Å². The summed E-state index contributed by atoms with van der Waals surface area (Å²) in [5.41, 5.74) is 4.72. The largest absolute Gasteiger partial charge is 0.481 e. The zero-order valence-electron chi connectivity index (χ0n) is 15.7. The first-order valence-corrected chi connectivity index (χ1v) is 9.00. The summed E-state index contributed by atoms with van der Waals surface area (Å²) in [5, 5.41) is 2.11. The number of para-hydroxylation sites is 1. The van der Waals surface area contributed by atoms with Crippen molar-refractivity contribution in [1.29, 1.82) is 0 Å². The van der Waals surface area contributed by atoms with E-state index in [0.717, 1.165) is 10.8 Å². The Morgan fingerprint density at radius 2 is 1.21 bits per heavy atom. The molecule has 6 nitrogen and oxygen atoms in total. The molecule has 28 heavy (non-hydrogen) atoms. The zero-order chi connectivity index (χ0) is 19.9. The van der Waals surface area contributed by atoms with E-state index in [1.807, 2.05) is 54.6 Å². The molecule has 0 saturated heterocycles. The fourth-order valence-electron chi connectivity index (χ4n) is 2.58. The van der Waals surface area contributed by atoms with Gasteiger partial charge in [-0.15, -0.1) is 0 Å². The van der Waals surface area contributed by atoms with E-state index in [9.17, 15) is 9.59 Å². The summed E-state index contributed by atoms with van der Waals surface area (Å²) in [7, 11) is 0. The predicted octanol–water partition coefficient (Wildman–Crippen LogP) is 3.22. The van der Waals surface area contributed by atoms with Gasteiger partial charge in [-0.3, -0.25) is 20.4 Å². The van der Waals surface area contributed by atoms with Crippen LogP contribution in [-0.2, 0) is 9.59 Å². The summed E-state index contributed by atoms with van der Waals surface area (Å²) in [6.07, 6.45) is -1.55. The quantitative estimate of drug-likeness (QED) is 0.646. The molecule has 6 heteroatoms. The van der Waals surface area contributed by atoms with Crippen LogP contribution in [0.1, 0.15) is 13.8 Å². The minimum absolute atomic E-state index is 0.463. The van der Waals surface area contributed by atoms with E-state index in [0.29, 0.717) is 11.5 Å². The van der Waals surface area contributed by atoms with Gasteiger partial charge in [0.2, 0.25) is 0 Å². The smallest absolute Gasteiger partial charge is 0.279 e. The van der Waals surface area contributed by atoms with Crippen molar-refractivity contribution in [3.8, 4) is 11.5 Å². The maximum Gasteiger partial charge on any atom is 0.279 e. The molecular weight excluding hydrogens is 356 g/mol.